The highest BCUT2D eigenvalue weighted by Crippen LogP contribution is 2.34. The topological polar surface area (TPSA) is 76.4 Å². The summed E-state index contributed by atoms with van der Waals surface area (Å²) in [7, 11) is 1.82. The number of aromatic nitrogens is 4. The summed E-state index contributed by atoms with van der Waals surface area (Å²) in [5, 5.41) is 4.26. The van der Waals surface area contributed by atoms with E-state index in [0.29, 0.717) is 63.0 Å². The first-order valence-corrected chi connectivity index (χ1v) is 12.0. The van der Waals surface area contributed by atoms with Gasteiger partial charge in [0, 0.05) is 64.6 Å². The van der Waals surface area contributed by atoms with Crippen molar-refractivity contribution in [1.29, 1.82) is 0 Å². The fraction of sp³-hybridized carbons (Fsp3) is 0.440. The minimum atomic E-state index is -4.61. The second kappa shape index (κ2) is 9.64. The largest absolute Gasteiger partial charge is 0.487 e. The predicted octanol–water partition coefficient (Wildman–Crippen LogP) is 3.99. The van der Waals surface area contributed by atoms with E-state index in [2.05, 4.69) is 10.00 Å². The summed E-state index contributed by atoms with van der Waals surface area (Å²) in [5.74, 6) is -0.518. The number of hydrogen-bond acceptors (Lipinski definition) is 6. The van der Waals surface area contributed by atoms with E-state index in [9.17, 15) is 22.4 Å². The van der Waals surface area contributed by atoms with Crippen LogP contribution in [0.5, 0.6) is 5.75 Å². The zero-order valence-corrected chi connectivity index (χ0v) is 20.4. The van der Waals surface area contributed by atoms with Crippen LogP contribution >= 0.6 is 0 Å². The number of carbonyl (C=O) groups excluding carboxylic acids is 1. The first kappa shape index (κ1) is 25.0. The molecule has 4 heterocycles. The number of benzene rings is 1. The molecule has 12 heteroatoms. The average molecular weight is 519 g/mol. The number of piperidine rings is 1. The molecule has 2 aliphatic rings. The zero-order chi connectivity index (χ0) is 26.3. The number of rotatable bonds is 4. The molecule has 2 aliphatic heterocycles. The van der Waals surface area contributed by atoms with E-state index in [1.54, 1.807) is 15.8 Å². The molecule has 5 rings (SSSR count). The van der Waals surface area contributed by atoms with Crippen LogP contribution in [0.25, 0.3) is 11.3 Å². The van der Waals surface area contributed by atoms with Gasteiger partial charge in [-0.15, -0.1) is 0 Å². The Kier molecular flexibility index (Phi) is 6.50. The molecule has 3 aromatic rings. The molecule has 1 amide bonds. The highest BCUT2D eigenvalue weighted by atomic mass is 19.4. The minimum Gasteiger partial charge on any atom is -0.487 e. The van der Waals surface area contributed by atoms with Gasteiger partial charge in [0.1, 0.15) is 11.8 Å². The number of hydrogen-bond donors (Lipinski definition) is 0. The van der Waals surface area contributed by atoms with Gasteiger partial charge >= 0.3 is 6.18 Å². The van der Waals surface area contributed by atoms with Crippen molar-refractivity contribution >= 4 is 11.7 Å². The van der Waals surface area contributed by atoms with Crippen molar-refractivity contribution in [2.45, 2.75) is 45.0 Å². The number of aryl methyl sites for hydroxylation is 1. The standard InChI is InChI=1S/C25H26F4N6O2/c1-15(36)35-10-7-20-21(14-35)31-23(16-12-30-33(2)13-16)24(32-20)34-8-5-18(6-9-34)37-22-4-3-17(11-19(22)26)25(27,28)29/h3-4,11-13,18H,5-10,14H2,1-2H3. The highest BCUT2D eigenvalue weighted by Gasteiger charge is 2.32. The van der Waals surface area contributed by atoms with Crippen LogP contribution in [0, 0.1) is 5.82 Å². The van der Waals surface area contributed by atoms with Crippen LogP contribution in [0.2, 0.25) is 0 Å². The Morgan fingerprint density at radius 1 is 1.11 bits per heavy atom. The third kappa shape index (κ3) is 5.23. The monoisotopic (exact) mass is 518 g/mol. The summed E-state index contributed by atoms with van der Waals surface area (Å²) in [6.45, 7) is 3.62. The van der Waals surface area contributed by atoms with Crippen LogP contribution < -0.4 is 9.64 Å². The molecule has 37 heavy (non-hydrogen) atoms. The molecule has 0 atom stereocenters. The lowest BCUT2D eigenvalue weighted by atomic mass is 10.1. The molecule has 0 radical (unpaired) electrons. The van der Waals surface area contributed by atoms with Crippen molar-refractivity contribution in [2.24, 2.45) is 7.05 Å². The van der Waals surface area contributed by atoms with E-state index in [0.717, 1.165) is 29.1 Å². The average Bonchev–Trinajstić information content (AvgIpc) is 3.30. The van der Waals surface area contributed by atoms with Gasteiger partial charge in [0.05, 0.1) is 29.7 Å². The smallest absolute Gasteiger partial charge is 0.416 e. The molecule has 0 aliphatic carbocycles. The number of alkyl halides is 3. The molecule has 0 saturated carbocycles. The summed E-state index contributed by atoms with van der Waals surface area (Å²) >= 11 is 0. The van der Waals surface area contributed by atoms with Crippen LogP contribution in [-0.4, -0.2) is 56.3 Å². The van der Waals surface area contributed by atoms with E-state index < -0.39 is 17.6 Å². The summed E-state index contributed by atoms with van der Waals surface area (Å²) in [6, 6.07) is 2.31. The van der Waals surface area contributed by atoms with E-state index in [1.807, 2.05) is 13.2 Å². The lowest BCUT2D eigenvalue weighted by Gasteiger charge is -2.35. The number of carbonyl (C=O) groups is 1. The molecule has 2 aromatic heterocycles. The molecular weight excluding hydrogens is 492 g/mol. The van der Waals surface area contributed by atoms with E-state index in [-0.39, 0.29) is 17.8 Å². The first-order chi connectivity index (χ1) is 17.6. The first-order valence-electron chi connectivity index (χ1n) is 12.0. The Labute approximate surface area is 210 Å². The summed E-state index contributed by atoms with van der Waals surface area (Å²) < 4.78 is 60.2. The Morgan fingerprint density at radius 3 is 2.49 bits per heavy atom. The molecule has 196 valence electrons. The maximum atomic E-state index is 14.3. The number of fused-ring (bicyclic) bond motifs is 1. The van der Waals surface area contributed by atoms with E-state index in [4.69, 9.17) is 14.7 Å². The third-order valence-electron chi connectivity index (χ3n) is 6.71. The van der Waals surface area contributed by atoms with Crippen LogP contribution in [0.4, 0.5) is 23.4 Å². The van der Waals surface area contributed by atoms with Crippen LogP contribution in [0.15, 0.2) is 30.6 Å². The second-order valence-corrected chi connectivity index (χ2v) is 9.33. The van der Waals surface area contributed by atoms with Crippen molar-refractivity contribution < 1.29 is 27.1 Å². The normalized spacial score (nSPS) is 16.6. The molecule has 0 unspecified atom stereocenters. The summed E-state index contributed by atoms with van der Waals surface area (Å²) in [6.07, 6.45) is 0.280. The van der Waals surface area contributed by atoms with E-state index in [1.165, 1.54) is 6.92 Å². The minimum absolute atomic E-state index is 0.00832. The van der Waals surface area contributed by atoms with Gasteiger partial charge in [-0.25, -0.2) is 14.4 Å². The van der Waals surface area contributed by atoms with Gasteiger partial charge in [-0.3, -0.25) is 9.48 Å². The van der Waals surface area contributed by atoms with Gasteiger partial charge in [-0.05, 0) is 18.2 Å². The van der Waals surface area contributed by atoms with Gasteiger partial charge in [0.2, 0.25) is 5.91 Å². The number of nitrogens with zero attached hydrogens (tertiary/aromatic N) is 6. The fourth-order valence-electron chi connectivity index (χ4n) is 4.69. The van der Waals surface area contributed by atoms with Gasteiger partial charge in [-0.2, -0.15) is 18.3 Å². The Balaban J connectivity index is 1.35. The molecule has 1 saturated heterocycles. The maximum Gasteiger partial charge on any atom is 0.416 e. The number of ether oxygens (including phenoxy) is 1. The Hall–Kier alpha value is -3.70. The van der Waals surface area contributed by atoms with Crippen LogP contribution in [0.3, 0.4) is 0 Å². The second-order valence-electron chi connectivity index (χ2n) is 9.33. The fourth-order valence-corrected chi connectivity index (χ4v) is 4.69. The number of halogens is 4. The van der Waals surface area contributed by atoms with E-state index >= 15 is 0 Å². The van der Waals surface area contributed by atoms with Crippen LogP contribution in [-0.2, 0) is 31.0 Å². The zero-order valence-electron chi connectivity index (χ0n) is 20.4. The molecule has 1 aromatic carbocycles. The predicted molar refractivity (Wildman–Crippen MR) is 126 cm³/mol. The molecule has 0 N–H and O–H groups in total. The molecule has 0 bridgehead atoms. The molecule has 1 fully saturated rings. The summed E-state index contributed by atoms with van der Waals surface area (Å²) in [4.78, 5) is 25.6. The van der Waals surface area contributed by atoms with Crippen molar-refractivity contribution in [2.75, 3.05) is 24.5 Å². The Morgan fingerprint density at radius 2 is 1.86 bits per heavy atom. The summed E-state index contributed by atoms with van der Waals surface area (Å²) in [5.41, 5.74) is 2.04. The third-order valence-corrected chi connectivity index (χ3v) is 6.71. The highest BCUT2D eigenvalue weighted by molar-refractivity contribution is 5.74. The van der Waals surface area contributed by atoms with Crippen molar-refractivity contribution in [3.63, 3.8) is 0 Å². The SMILES string of the molecule is CC(=O)N1CCc2nc(N3CCC(Oc4ccc(C(F)(F)F)cc4F)CC3)c(-c3cnn(C)c3)nc2C1. The Bertz CT molecular complexity index is 1320. The lowest BCUT2D eigenvalue weighted by molar-refractivity contribution is -0.137. The molecule has 0 spiro atoms. The number of anilines is 1. The molecule has 8 nitrogen and oxygen atoms in total. The van der Waals surface area contributed by atoms with Gasteiger partial charge < -0.3 is 14.5 Å². The van der Waals surface area contributed by atoms with Crippen LogP contribution in [0.1, 0.15) is 36.7 Å². The van der Waals surface area contributed by atoms with Gasteiger partial charge in [0.25, 0.3) is 0 Å². The quantitative estimate of drug-likeness (QED) is 0.487. The molecular formula is C25H26F4N6O2. The van der Waals surface area contributed by atoms with Gasteiger partial charge in [-0.1, -0.05) is 0 Å². The lowest BCUT2D eigenvalue weighted by Crippen LogP contribution is -2.40. The maximum absolute atomic E-state index is 14.3. The number of amides is 1. The van der Waals surface area contributed by atoms with Gasteiger partial charge in [0.15, 0.2) is 17.4 Å². The van der Waals surface area contributed by atoms with Crippen molar-refractivity contribution in [3.8, 4) is 17.0 Å². The van der Waals surface area contributed by atoms with Crippen molar-refractivity contribution in [3.05, 3.63) is 53.4 Å². The van der Waals surface area contributed by atoms with Crippen molar-refractivity contribution in [1.82, 2.24) is 24.6 Å².